The molecular formula is C14H26O4. The predicted octanol–water partition coefficient (Wildman–Crippen LogP) is 2.14. The van der Waals surface area contributed by atoms with Crippen molar-refractivity contribution >= 4 is 5.97 Å². The van der Waals surface area contributed by atoms with Crippen LogP contribution in [0.2, 0.25) is 0 Å². The van der Waals surface area contributed by atoms with Crippen molar-refractivity contribution in [2.24, 2.45) is 11.8 Å². The third-order valence-corrected chi connectivity index (χ3v) is 4.11. The third kappa shape index (κ3) is 3.04. The van der Waals surface area contributed by atoms with Crippen molar-refractivity contribution in [3.8, 4) is 0 Å². The van der Waals surface area contributed by atoms with Crippen LogP contribution in [-0.2, 0) is 14.3 Å². The van der Waals surface area contributed by atoms with Crippen LogP contribution in [0, 0.1) is 11.8 Å². The van der Waals surface area contributed by atoms with E-state index in [4.69, 9.17) is 9.47 Å². The molecule has 1 aliphatic heterocycles. The number of carbonyl (C=O) groups is 1. The lowest BCUT2D eigenvalue weighted by molar-refractivity contribution is -0.193. The van der Waals surface area contributed by atoms with Crippen LogP contribution < -0.4 is 0 Å². The maximum atomic E-state index is 11.9. The highest BCUT2D eigenvalue weighted by Crippen LogP contribution is 2.41. The number of ether oxygens (including phenoxy) is 2. The minimum absolute atomic E-state index is 0.0432. The summed E-state index contributed by atoms with van der Waals surface area (Å²) in [4.78, 5) is 11.9. The van der Waals surface area contributed by atoms with E-state index in [1.165, 1.54) is 7.11 Å². The number of esters is 1. The highest BCUT2D eigenvalue weighted by Gasteiger charge is 2.50. The molecule has 106 valence electrons. The maximum Gasteiger partial charge on any atom is 0.311 e. The summed E-state index contributed by atoms with van der Waals surface area (Å²) in [6.07, 6.45) is 1.79. The summed E-state index contributed by atoms with van der Waals surface area (Å²) in [6.45, 7) is 8.40. The molecule has 3 atom stereocenters. The fourth-order valence-electron chi connectivity index (χ4n) is 2.99. The van der Waals surface area contributed by atoms with Crippen molar-refractivity contribution in [2.75, 3.05) is 13.7 Å². The van der Waals surface area contributed by atoms with E-state index in [1.54, 1.807) is 0 Å². The Kier molecular flexibility index (Phi) is 4.78. The van der Waals surface area contributed by atoms with Gasteiger partial charge >= 0.3 is 5.97 Å². The van der Waals surface area contributed by atoms with Gasteiger partial charge in [0.15, 0.2) is 0 Å². The minimum Gasteiger partial charge on any atom is -0.469 e. The molecule has 0 aromatic rings. The summed E-state index contributed by atoms with van der Waals surface area (Å²) in [6, 6.07) is 0. The van der Waals surface area contributed by atoms with Crippen molar-refractivity contribution < 1.29 is 19.4 Å². The van der Waals surface area contributed by atoms with E-state index in [-0.39, 0.29) is 17.5 Å². The fraction of sp³-hybridized carbons (Fsp3) is 0.929. The van der Waals surface area contributed by atoms with Gasteiger partial charge in [0, 0.05) is 12.8 Å². The molecule has 1 saturated heterocycles. The fourth-order valence-corrected chi connectivity index (χ4v) is 2.99. The molecule has 0 amide bonds. The number of methoxy groups -OCH3 is 1. The Morgan fingerprint density at radius 1 is 1.50 bits per heavy atom. The summed E-state index contributed by atoms with van der Waals surface area (Å²) in [7, 11) is 1.37. The third-order valence-electron chi connectivity index (χ3n) is 4.11. The van der Waals surface area contributed by atoms with Gasteiger partial charge < -0.3 is 14.6 Å². The number of hydrogen-bond acceptors (Lipinski definition) is 4. The van der Waals surface area contributed by atoms with Crippen LogP contribution in [0.1, 0.15) is 47.0 Å². The molecular weight excluding hydrogens is 232 g/mol. The Bertz CT molecular complexity index is 302. The average molecular weight is 258 g/mol. The first-order chi connectivity index (χ1) is 8.28. The Morgan fingerprint density at radius 3 is 2.56 bits per heavy atom. The zero-order valence-electron chi connectivity index (χ0n) is 12.2. The summed E-state index contributed by atoms with van der Waals surface area (Å²) in [5.41, 5.74) is -1.38. The molecule has 1 heterocycles. The Labute approximate surface area is 110 Å². The van der Waals surface area contributed by atoms with E-state index < -0.39 is 11.5 Å². The molecule has 1 N–H and O–H groups in total. The van der Waals surface area contributed by atoms with E-state index in [1.807, 2.05) is 27.7 Å². The van der Waals surface area contributed by atoms with E-state index in [0.29, 0.717) is 19.4 Å². The Hall–Kier alpha value is -0.610. The monoisotopic (exact) mass is 258 g/mol. The van der Waals surface area contributed by atoms with Crippen LogP contribution in [-0.4, -0.2) is 36.0 Å². The van der Waals surface area contributed by atoms with Crippen LogP contribution in [0.3, 0.4) is 0 Å². The second kappa shape index (κ2) is 5.57. The first kappa shape index (κ1) is 15.4. The molecule has 1 rings (SSSR count). The highest BCUT2D eigenvalue weighted by molar-refractivity contribution is 5.74. The molecule has 0 spiro atoms. The standard InChI is InChI=1S/C14H26O4/c1-6-13(4)9-14(16,7-8-18-13)11(10(2)3)12(15)17-5/h10-11,16H,6-9H2,1-5H3. The van der Waals surface area contributed by atoms with Crippen LogP contribution >= 0.6 is 0 Å². The van der Waals surface area contributed by atoms with Gasteiger partial charge in [-0.1, -0.05) is 20.8 Å². The van der Waals surface area contributed by atoms with E-state index in [9.17, 15) is 9.90 Å². The summed E-state index contributed by atoms with van der Waals surface area (Å²) < 4.78 is 10.6. The first-order valence-electron chi connectivity index (χ1n) is 6.72. The minimum atomic E-state index is -1.02. The molecule has 18 heavy (non-hydrogen) atoms. The number of rotatable bonds is 4. The molecule has 0 aliphatic carbocycles. The van der Waals surface area contributed by atoms with Crippen molar-refractivity contribution in [1.82, 2.24) is 0 Å². The molecule has 0 aromatic heterocycles. The SMILES string of the molecule is CCC1(C)CC(O)(C(C(=O)OC)C(C)C)CCO1. The summed E-state index contributed by atoms with van der Waals surface area (Å²) in [5.74, 6) is -0.771. The molecule has 0 saturated carbocycles. The van der Waals surface area contributed by atoms with Gasteiger partial charge in [-0.25, -0.2) is 0 Å². The second-order valence-corrected chi connectivity index (χ2v) is 5.93. The molecule has 1 aliphatic rings. The maximum absolute atomic E-state index is 11.9. The molecule has 0 bridgehead atoms. The summed E-state index contributed by atoms with van der Waals surface area (Å²) in [5, 5.41) is 10.9. The lowest BCUT2D eigenvalue weighted by Gasteiger charge is -2.47. The zero-order chi connectivity index (χ0) is 14.0. The van der Waals surface area contributed by atoms with Crippen LogP contribution in [0.25, 0.3) is 0 Å². The topological polar surface area (TPSA) is 55.8 Å². The van der Waals surface area contributed by atoms with Gasteiger partial charge in [0.1, 0.15) is 0 Å². The van der Waals surface area contributed by atoms with E-state index >= 15 is 0 Å². The second-order valence-electron chi connectivity index (χ2n) is 5.93. The van der Waals surface area contributed by atoms with Crippen LogP contribution in [0.15, 0.2) is 0 Å². The van der Waals surface area contributed by atoms with Gasteiger partial charge in [0.2, 0.25) is 0 Å². The first-order valence-corrected chi connectivity index (χ1v) is 6.72. The van der Waals surface area contributed by atoms with Crippen molar-refractivity contribution in [2.45, 2.75) is 58.2 Å². The van der Waals surface area contributed by atoms with Gasteiger partial charge in [-0.3, -0.25) is 4.79 Å². The normalized spacial score (nSPS) is 34.4. The largest absolute Gasteiger partial charge is 0.469 e. The van der Waals surface area contributed by atoms with E-state index in [2.05, 4.69) is 0 Å². The van der Waals surface area contributed by atoms with Crippen LogP contribution in [0.5, 0.6) is 0 Å². The van der Waals surface area contributed by atoms with Crippen molar-refractivity contribution in [1.29, 1.82) is 0 Å². The number of hydrogen-bond donors (Lipinski definition) is 1. The van der Waals surface area contributed by atoms with Gasteiger partial charge in [-0.2, -0.15) is 0 Å². The lowest BCUT2D eigenvalue weighted by atomic mass is 9.70. The quantitative estimate of drug-likeness (QED) is 0.785. The lowest BCUT2D eigenvalue weighted by Crippen LogP contribution is -2.55. The highest BCUT2D eigenvalue weighted by atomic mass is 16.5. The number of carbonyl (C=O) groups excluding carboxylic acids is 1. The Balaban J connectivity index is 2.98. The Morgan fingerprint density at radius 2 is 2.11 bits per heavy atom. The molecule has 4 nitrogen and oxygen atoms in total. The molecule has 1 fully saturated rings. The van der Waals surface area contributed by atoms with Crippen molar-refractivity contribution in [3.05, 3.63) is 0 Å². The van der Waals surface area contributed by atoms with Crippen molar-refractivity contribution in [3.63, 3.8) is 0 Å². The number of aliphatic hydroxyl groups is 1. The van der Waals surface area contributed by atoms with Crippen LogP contribution in [0.4, 0.5) is 0 Å². The molecule has 3 unspecified atom stereocenters. The van der Waals surface area contributed by atoms with Gasteiger partial charge in [-0.15, -0.1) is 0 Å². The summed E-state index contributed by atoms with van der Waals surface area (Å²) >= 11 is 0. The molecule has 0 radical (unpaired) electrons. The van der Waals surface area contributed by atoms with Gasteiger partial charge in [-0.05, 0) is 19.3 Å². The average Bonchev–Trinajstić information content (AvgIpc) is 2.27. The predicted molar refractivity (Wildman–Crippen MR) is 69.2 cm³/mol. The zero-order valence-corrected chi connectivity index (χ0v) is 12.2. The van der Waals surface area contributed by atoms with E-state index in [0.717, 1.165) is 6.42 Å². The molecule has 0 aromatic carbocycles. The molecule has 4 heteroatoms. The smallest absolute Gasteiger partial charge is 0.311 e. The van der Waals surface area contributed by atoms with Gasteiger partial charge in [0.05, 0.1) is 30.8 Å². The van der Waals surface area contributed by atoms with Gasteiger partial charge in [0.25, 0.3) is 0 Å².